The third kappa shape index (κ3) is 2.01. The number of esters is 1. The fourth-order valence-corrected chi connectivity index (χ4v) is 6.74. The van der Waals surface area contributed by atoms with Crippen LogP contribution in [-0.4, -0.2) is 11.8 Å². The molecule has 0 aromatic carbocycles. The topological polar surface area (TPSA) is 43.4 Å². The molecule has 3 fully saturated rings. The zero-order valence-corrected chi connectivity index (χ0v) is 14.6. The van der Waals surface area contributed by atoms with Gasteiger partial charge in [0.15, 0.2) is 0 Å². The molecule has 1 saturated heterocycles. The van der Waals surface area contributed by atoms with Crippen LogP contribution in [0.1, 0.15) is 65.7 Å². The standard InChI is InChI=1S/C20H28O3/c1-12(21)14-5-6-15-13-4-7-17-20(3,11-9-18(22)23-17)16(13)8-10-19(14,15)2/h7,13-16H,4-6,8-11H2,1-3H3. The highest BCUT2D eigenvalue weighted by atomic mass is 16.5. The third-order valence-electron chi connectivity index (χ3n) is 7.96. The maximum Gasteiger partial charge on any atom is 0.310 e. The lowest BCUT2D eigenvalue weighted by Crippen LogP contribution is -2.51. The van der Waals surface area contributed by atoms with Gasteiger partial charge in [-0.05, 0) is 74.7 Å². The number of ketones is 1. The van der Waals surface area contributed by atoms with E-state index in [4.69, 9.17) is 4.74 Å². The van der Waals surface area contributed by atoms with E-state index in [0.717, 1.165) is 31.4 Å². The lowest BCUT2D eigenvalue weighted by molar-refractivity contribution is -0.152. The summed E-state index contributed by atoms with van der Waals surface area (Å²) in [6.45, 7) is 6.46. The van der Waals surface area contributed by atoms with Gasteiger partial charge < -0.3 is 4.74 Å². The van der Waals surface area contributed by atoms with Crippen molar-refractivity contribution in [3.8, 4) is 0 Å². The molecular weight excluding hydrogens is 288 g/mol. The summed E-state index contributed by atoms with van der Waals surface area (Å²) in [5.74, 6) is 3.45. The summed E-state index contributed by atoms with van der Waals surface area (Å²) in [6.07, 6.45) is 9.29. The van der Waals surface area contributed by atoms with Gasteiger partial charge in [0.1, 0.15) is 11.5 Å². The molecule has 4 aliphatic rings. The van der Waals surface area contributed by atoms with E-state index in [2.05, 4.69) is 19.9 Å². The minimum Gasteiger partial charge on any atom is -0.431 e. The van der Waals surface area contributed by atoms with E-state index in [-0.39, 0.29) is 22.7 Å². The molecule has 23 heavy (non-hydrogen) atoms. The molecule has 6 unspecified atom stereocenters. The molecule has 0 bridgehead atoms. The Morgan fingerprint density at radius 2 is 1.96 bits per heavy atom. The van der Waals surface area contributed by atoms with Crippen LogP contribution in [0.3, 0.4) is 0 Å². The summed E-state index contributed by atoms with van der Waals surface area (Å²) in [4.78, 5) is 23.8. The molecular formula is C20H28O3. The van der Waals surface area contributed by atoms with Crippen molar-refractivity contribution < 1.29 is 14.3 Å². The lowest BCUT2D eigenvalue weighted by Gasteiger charge is -2.56. The summed E-state index contributed by atoms with van der Waals surface area (Å²) in [5.41, 5.74) is 0.229. The van der Waals surface area contributed by atoms with Crippen LogP contribution >= 0.6 is 0 Å². The number of ether oxygens (including phenoxy) is 1. The van der Waals surface area contributed by atoms with E-state index < -0.39 is 0 Å². The number of allylic oxidation sites excluding steroid dienone is 2. The van der Waals surface area contributed by atoms with Crippen molar-refractivity contribution in [2.24, 2.45) is 34.5 Å². The maximum atomic E-state index is 12.1. The number of hydrogen-bond acceptors (Lipinski definition) is 3. The molecule has 3 aliphatic carbocycles. The molecule has 1 aliphatic heterocycles. The summed E-state index contributed by atoms with van der Waals surface area (Å²) in [7, 11) is 0. The molecule has 4 rings (SSSR count). The molecule has 0 aromatic rings. The third-order valence-corrected chi connectivity index (χ3v) is 7.96. The van der Waals surface area contributed by atoms with Gasteiger partial charge in [-0.3, -0.25) is 9.59 Å². The highest BCUT2D eigenvalue weighted by molar-refractivity contribution is 5.79. The highest BCUT2D eigenvalue weighted by Gasteiger charge is 2.60. The van der Waals surface area contributed by atoms with Crippen LogP contribution in [0, 0.1) is 34.5 Å². The first-order valence-corrected chi connectivity index (χ1v) is 9.28. The Kier molecular flexibility index (Phi) is 3.31. The Hall–Kier alpha value is -1.12. The average molecular weight is 316 g/mol. The summed E-state index contributed by atoms with van der Waals surface area (Å²) >= 11 is 0. The van der Waals surface area contributed by atoms with Crippen LogP contribution in [0.5, 0.6) is 0 Å². The molecule has 0 amide bonds. The molecule has 0 N–H and O–H groups in total. The number of rotatable bonds is 1. The molecule has 0 radical (unpaired) electrons. The highest BCUT2D eigenvalue weighted by Crippen LogP contribution is 2.65. The van der Waals surface area contributed by atoms with Gasteiger partial charge in [0.25, 0.3) is 0 Å². The van der Waals surface area contributed by atoms with Crippen LogP contribution in [-0.2, 0) is 14.3 Å². The normalized spacial score (nSPS) is 48.7. The summed E-state index contributed by atoms with van der Waals surface area (Å²) < 4.78 is 5.61. The fraction of sp³-hybridized carbons (Fsp3) is 0.800. The maximum absolute atomic E-state index is 12.1. The molecule has 0 spiro atoms. The number of hydrogen-bond donors (Lipinski definition) is 0. The molecule has 126 valence electrons. The first-order valence-electron chi connectivity index (χ1n) is 9.28. The molecule has 0 aromatic heterocycles. The van der Waals surface area contributed by atoms with E-state index in [1.54, 1.807) is 6.92 Å². The summed E-state index contributed by atoms with van der Waals surface area (Å²) in [5, 5.41) is 0. The van der Waals surface area contributed by atoms with E-state index in [0.29, 0.717) is 30.0 Å². The zero-order valence-electron chi connectivity index (χ0n) is 14.6. The van der Waals surface area contributed by atoms with Gasteiger partial charge in [-0.2, -0.15) is 0 Å². The first kappa shape index (κ1) is 15.4. The molecule has 2 saturated carbocycles. The van der Waals surface area contributed by atoms with Crippen LogP contribution in [0.2, 0.25) is 0 Å². The van der Waals surface area contributed by atoms with E-state index in [1.807, 2.05) is 0 Å². The summed E-state index contributed by atoms with van der Waals surface area (Å²) in [6, 6.07) is 0. The number of carbonyl (C=O) groups excluding carboxylic acids is 2. The fourth-order valence-electron chi connectivity index (χ4n) is 6.74. The Labute approximate surface area is 138 Å². The smallest absolute Gasteiger partial charge is 0.310 e. The average Bonchev–Trinajstić information content (AvgIpc) is 2.85. The number of carbonyl (C=O) groups is 2. The quantitative estimate of drug-likeness (QED) is 0.679. The predicted octanol–water partition coefficient (Wildman–Crippen LogP) is 4.27. The van der Waals surface area contributed by atoms with Gasteiger partial charge in [0, 0.05) is 17.8 Å². The Balaban J connectivity index is 1.67. The van der Waals surface area contributed by atoms with Crippen LogP contribution in [0.4, 0.5) is 0 Å². The van der Waals surface area contributed by atoms with Gasteiger partial charge in [-0.15, -0.1) is 0 Å². The van der Waals surface area contributed by atoms with Crippen molar-refractivity contribution in [2.45, 2.75) is 65.7 Å². The second-order valence-corrected chi connectivity index (χ2v) is 8.86. The zero-order chi connectivity index (χ0) is 16.4. The van der Waals surface area contributed by atoms with Crippen LogP contribution in [0.25, 0.3) is 0 Å². The van der Waals surface area contributed by atoms with Gasteiger partial charge >= 0.3 is 5.97 Å². The Morgan fingerprint density at radius 1 is 1.17 bits per heavy atom. The van der Waals surface area contributed by atoms with Gasteiger partial charge in [0.05, 0.1) is 0 Å². The largest absolute Gasteiger partial charge is 0.431 e. The number of Topliss-reactive ketones (excluding diaryl/α,β-unsaturated/α-hetero) is 1. The van der Waals surface area contributed by atoms with Crippen molar-refractivity contribution in [2.75, 3.05) is 0 Å². The van der Waals surface area contributed by atoms with Gasteiger partial charge in [-0.25, -0.2) is 0 Å². The minimum atomic E-state index is -0.0645. The van der Waals surface area contributed by atoms with Crippen LogP contribution < -0.4 is 0 Å². The van der Waals surface area contributed by atoms with Crippen molar-refractivity contribution in [3.63, 3.8) is 0 Å². The molecule has 3 heteroatoms. The SMILES string of the molecule is CC(=O)C1CCC2C3CC=C4OC(=O)CCC4(C)C3CCC12C. The van der Waals surface area contributed by atoms with E-state index in [1.165, 1.54) is 12.8 Å². The van der Waals surface area contributed by atoms with E-state index in [9.17, 15) is 9.59 Å². The van der Waals surface area contributed by atoms with E-state index >= 15 is 0 Å². The minimum absolute atomic E-state index is 0.0342. The van der Waals surface area contributed by atoms with Crippen molar-refractivity contribution in [1.29, 1.82) is 0 Å². The lowest BCUT2D eigenvalue weighted by atomic mass is 9.49. The van der Waals surface area contributed by atoms with Gasteiger partial charge in [-0.1, -0.05) is 13.8 Å². The van der Waals surface area contributed by atoms with Crippen molar-refractivity contribution in [3.05, 3.63) is 11.8 Å². The Bertz CT molecular complexity index is 592. The number of fused-ring (bicyclic) bond motifs is 5. The monoisotopic (exact) mass is 316 g/mol. The molecule has 6 atom stereocenters. The first-order chi connectivity index (χ1) is 10.9. The molecule has 1 heterocycles. The molecule has 3 nitrogen and oxygen atoms in total. The van der Waals surface area contributed by atoms with Crippen molar-refractivity contribution in [1.82, 2.24) is 0 Å². The predicted molar refractivity (Wildman–Crippen MR) is 87.3 cm³/mol. The van der Waals surface area contributed by atoms with Crippen molar-refractivity contribution >= 4 is 11.8 Å². The Morgan fingerprint density at radius 3 is 2.70 bits per heavy atom. The second-order valence-electron chi connectivity index (χ2n) is 8.86. The van der Waals surface area contributed by atoms with Crippen LogP contribution in [0.15, 0.2) is 11.8 Å². The second kappa shape index (κ2) is 4.94. The van der Waals surface area contributed by atoms with Gasteiger partial charge in [0.2, 0.25) is 0 Å².